The first-order chi connectivity index (χ1) is 9.16. The number of pyridine rings is 1. The lowest BCUT2D eigenvalue weighted by Crippen LogP contribution is -2.04. The molecule has 0 radical (unpaired) electrons. The van der Waals surface area contributed by atoms with Crippen LogP contribution in [0.3, 0.4) is 0 Å². The van der Waals surface area contributed by atoms with Gasteiger partial charge in [-0.15, -0.1) is 0 Å². The van der Waals surface area contributed by atoms with E-state index in [1.54, 1.807) is 18.5 Å². The topological polar surface area (TPSA) is 39.2 Å². The molecule has 0 saturated carbocycles. The van der Waals surface area contributed by atoms with E-state index in [-0.39, 0.29) is 11.5 Å². The maximum Gasteiger partial charge on any atom is 0.165 e. The van der Waals surface area contributed by atoms with Crippen molar-refractivity contribution in [2.45, 2.75) is 13.3 Å². The molecule has 0 aliphatic carbocycles. The normalized spacial score (nSPS) is 10.2. The molecule has 3 nitrogen and oxygen atoms in total. The first-order valence-corrected chi connectivity index (χ1v) is 5.99. The molecule has 2 aromatic rings. The van der Waals surface area contributed by atoms with E-state index >= 15 is 0 Å². The maximum atomic E-state index is 13.6. The fourth-order valence-corrected chi connectivity index (χ4v) is 1.66. The van der Waals surface area contributed by atoms with Gasteiger partial charge in [-0.05, 0) is 36.8 Å². The summed E-state index contributed by atoms with van der Waals surface area (Å²) >= 11 is 0. The molecule has 98 valence electrons. The van der Waals surface area contributed by atoms with Crippen LogP contribution in [0.4, 0.5) is 4.39 Å². The lowest BCUT2D eigenvalue weighted by Gasteiger charge is -2.07. The van der Waals surface area contributed by atoms with Gasteiger partial charge in [-0.2, -0.15) is 0 Å². The van der Waals surface area contributed by atoms with E-state index in [1.165, 1.54) is 19.1 Å². The van der Waals surface area contributed by atoms with Crippen LogP contribution in [-0.4, -0.2) is 17.4 Å². The molecule has 0 bridgehead atoms. The van der Waals surface area contributed by atoms with Crippen LogP contribution in [0.2, 0.25) is 0 Å². The summed E-state index contributed by atoms with van der Waals surface area (Å²) in [7, 11) is 0. The molecule has 0 unspecified atom stereocenters. The first-order valence-electron chi connectivity index (χ1n) is 5.99. The zero-order valence-corrected chi connectivity index (χ0v) is 10.6. The van der Waals surface area contributed by atoms with Gasteiger partial charge in [0.1, 0.15) is 0 Å². The Labute approximate surface area is 111 Å². The minimum absolute atomic E-state index is 0.161. The van der Waals surface area contributed by atoms with Gasteiger partial charge < -0.3 is 4.74 Å². The molecule has 0 aliphatic rings. The van der Waals surface area contributed by atoms with E-state index < -0.39 is 5.82 Å². The summed E-state index contributed by atoms with van der Waals surface area (Å²) in [4.78, 5) is 15.1. The summed E-state index contributed by atoms with van der Waals surface area (Å²) < 4.78 is 19.0. The minimum atomic E-state index is -0.515. The zero-order valence-electron chi connectivity index (χ0n) is 10.6. The van der Waals surface area contributed by atoms with Crippen LogP contribution in [-0.2, 0) is 6.42 Å². The molecule has 0 atom stereocenters. The quantitative estimate of drug-likeness (QED) is 0.775. The number of halogens is 1. The van der Waals surface area contributed by atoms with Gasteiger partial charge in [0.25, 0.3) is 0 Å². The number of hydrogen-bond acceptors (Lipinski definition) is 3. The van der Waals surface area contributed by atoms with Crippen LogP contribution in [0.5, 0.6) is 5.75 Å². The molecule has 2 rings (SSSR count). The van der Waals surface area contributed by atoms with Gasteiger partial charge in [-0.3, -0.25) is 9.78 Å². The summed E-state index contributed by atoms with van der Waals surface area (Å²) in [5, 5.41) is 0. The molecule has 19 heavy (non-hydrogen) atoms. The minimum Gasteiger partial charge on any atom is -0.490 e. The number of Topliss-reactive ketones (excluding diaryl/α,β-unsaturated/α-hetero) is 1. The van der Waals surface area contributed by atoms with Crippen molar-refractivity contribution < 1.29 is 13.9 Å². The standard InChI is InChI=1S/C15H14FNO2/c1-11(18)13-4-5-15(14(16)9-13)19-8-6-12-3-2-7-17-10-12/h2-5,7,9-10H,6,8H2,1H3. The van der Waals surface area contributed by atoms with Crippen LogP contribution < -0.4 is 4.74 Å². The number of benzene rings is 1. The van der Waals surface area contributed by atoms with E-state index in [0.717, 1.165) is 5.56 Å². The summed E-state index contributed by atoms with van der Waals surface area (Å²) in [6.45, 7) is 1.76. The predicted octanol–water partition coefficient (Wildman–Crippen LogP) is 3.04. The van der Waals surface area contributed by atoms with Gasteiger partial charge in [-0.25, -0.2) is 4.39 Å². The Kier molecular flexibility index (Phi) is 4.23. The van der Waals surface area contributed by atoms with Crippen molar-refractivity contribution in [3.05, 3.63) is 59.7 Å². The molecule has 0 amide bonds. The van der Waals surface area contributed by atoms with Crippen LogP contribution in [0, 0.1) is 5.82 Å². The van der Waals surface area contributed by atoms with Crippen molar-refractivity contribution in [2.75, 3.05) is 6.61 Å². The van der Waals surface area contributed by atoms with Crippen molar-refractivity contribution in [2.24, 2.45) is 0 Å². The van der Waals surface area contributed by atoms with Gasteiger partial charge in [0.05, 0.1) is 6.61 Å². The molecular weight excluding hydrogens is 245 g/mol. The van der Waals surface area contributed by atoms with Crippen LogP contribution in [0.25, 0.3) is 0 Å². The van der Waals surface area contributed by atoms with E-state index in [9.17, 15) is 9.18 Å². The van der Waals surface area contributed by atoms with Crippen molar-refractivity contribution in [3.8, 4) is 5.75 Å². The van der Waals surface area contributed by atoms with Crippen LogP contribution in [0.15, 0.2) is 42.7 Å². The monoisotopic (exact) mass is 259 g/mol. The van der Waals surface area contributed by atoms with Gasteiger partial charge in [0.15, 0.2) is 17.3 Å². The van der Waals surface area contributed by atoms with Crippen molar-refractivity contribution >= 4 is 5.78 Å². The predicted molar refractivity (Wildman–Crippen MR) is 69.8 cm³/mol. The largest absolute Gasteiger partial charge is 0.490 e. The molecule has 4 heteroatoms. The third kappa shape index (κ3) is 3.61. The Morgan fingerprint density at radius 1 is 1.37 bits per heavy atom. The number of nitrogens with zero attached hydrogens (tertiary/aromatic N) is 1. The van der Waals surface area contributed by atoms with E-state index in [1.807, 2.05) is 12.1 Å². The highest BCUT2D eigenvalue weighted by atomic mass is 19.1. The summed E-state index contributed by atoms with van der Waals surface area (Å²) in [5.74, 6) is -0.520. The second kappa shape index (κ2) is 6.09. The molecule has 0 fully saturated rings. The van der Waals surface area contributed by atoms with E-state index in [0.29, 0.717) is 18.6 Å². The lowest BCUT2D eigenvalue weighted by atomic mass is 10.1. The number of rotatable bonds is 5. The highest BCUT2D eigenvalue weighted by Crippen LogP contribution is 2.18. The molecule has 0 N–H and O–H groups in total. The Morgan fingerprint density at radius 3 is 2.84 bits per heavy atom. The third-order valence-corrected chi connectivity index (χ3v) is 2.71. The van der Waals surface area contributed by atoms with E-state index in [4.69, 9.17) is 4.74 Å². The molecule has 0 aliphatic heterocycles. The number of ether oxygens (including phenoxy) is 1. The summed E-state index contributed by atoms with van der Waals surface area (Å²) in [5.41, 5.74) is 1.38. The fraction of sp³-hybridized carbons (Fsp3) is 0.200. The average Bonchev–Trinajstić information content (AvgIpc) is 2.41. The van der Waals surface area contributed by atoms with Crippen LogP contribution in [0.1, 0.15) is 22.8 Å². The second-order valence-corrected chi connectivity index (χ2v) is 4.16. The number of aromatic nitrogens is 1. The lowest BCUT2D eigenvalue weighted by molar-refractivity contribution is 0.101. The van der Waals surface area contributed by atoms with Gasteiger partial charge in [-0.1, -0.05) is 6.07 Å². The number of hydrogen-bond donors (Lipinski definition) is 0. The Morgan fingerprint density at radius 2 is 2.21 bits per heavy atom. The van der Waals surface area contributed by atoms with Gasteiger partial charge in [0, 0.05) is 24.4 Å². The van der Waals surface area contributed by atoms with Gasteiger partial charge in [0.2, 0.25) is 0 Å². The Bertz CT molecular complexity index is 570. The molecule has 0 saturated heterocycles. The second-order valence-electron chi connectivity index (χ2n) is 4.16. The maximum absolute atomic E-state index is 13.6. The SMILES string of the molecule is CC(=O)c1ccc(OCCc2cccnc2)c(F)c1. The summed E-state index contributed by atoms with van der Waals surface area (Å²) in [6, 6.07) is 8.02. The third-order valence-electron chi connectivity index (χ3n) is 2.71. The first kappa shape index (κ1) is 13.2. The molecule has 1 aromatic heterocycles. The molecule has 1 aromatic carbocycles. The van der Waals surface area contributed by atoms with Gasteiger partial charge >= 0.3 is 0 Å². The smallest absolute Gasteiger partial charge is 0.165 e. The molecule has 0 spiro atoms. The van der Waals surface area contributed by atoms with E-state index in [2.05, 4.69) is 4.98 Å². The Hall–Kier alpha value is -2.23. The van der Waals surface area contributed by atoms with Crippen molar-refractivity contribution in [3.63, 3.8) is 0 Å². The highest BCUT2D eigenvalue weighted by molar-refractivity contribution is 5.94. The van der Waals surface area contributed by atoms with Crippen molar-refractivity contribution in [1.82, 2.24) is 4.98 Å². The Balaban J connectivity index is 1.95. The number of ketones is 1. The van der Waals surface area contributed by atoms with Crippen molar-refractivity contribution in [1.29, 1.82) is 0 Å². The van der Waals surface area contributed by atoms with Crippen LogP contribution >= 0.6 is 0 Å². The molecular formula is C15H14FNO2. The number of carbonyl (C=O) groups excluding carboxylic acids is 1. The highest BCUT2D eigenvalue weighted by Gasteiger charge is 2.07. The zero-order chi connectivity index (χ0) is 13.7. The summed E-state index contributed by atoms with van der Waals surface area (Å²) in [6.07, 6.45) is 4.10. The molecule has 1 heterocycles. The average molecular weight is 259 g/mol. The fourth-order valence-electron chi connectivity index (χ4n) is 1.66. The number of carbonyl (C=O) groups is 1.